The van der Waals surface area contributed by atoms with Crippen LogP contribution in [0.15, 0.2) is 12.8 Å². The summed E-state index contributed by atoms with van der Waals surface area (Å²) < 4.78 is 26.0. The molecule has 120 valence electrons. The number of hydrogen-bond donors (Lipinski definition) is 1. The third-order valence-electron chi connectivity index (χ3n) is 2.27. The van der Waals surface area contributed by atoms with Crippen molar-refractivity contribution in [3.05, 3.63) is 12.8 Å². The Balaban J connectivity index is 2.90. The number of rotatable bonds is 17. The van der Waals surface area contributed by atoms with Gasteiger partial charge in [0.15, 0.2) is 0 Å². The molecule has 0 aromatic heterocycles. The summed E-state index contributed by atoms with van der Waals surface area (Å²) >= 11 is 0. The molecule has 0 aliphatic rings. The Labute approximate surface area is 121 Å². The van der Waals surface area contributed by atoms with Gasteiger partial charge in [-0.2, -0.15) is 0 Å². The molecule has 0 amide bonds. The van der Waals surface area contributed by atoms with Crippen LogP contribution in [0.3, 0.4) is 0 Å². The molecule has 0 rings (SSSR count). The largest absolute Gasteiger partial charge is 0.502 e. The van der Waals surface area contributed by atoms with Crippen molar-refractivity contribution in [1.29, 1.82) is 0 Å². The van der Waals surface area contributed by atoms with Crippen molar-refractivity contribution in [2.75, 3.05) is 66.1 Å². The van der Waals surface area contributed by atoms with Crippen molar-refractivity contribution in [3.63, 3.8) is 0 Å². The van der Waals surface area contributed by atoms with Crippen LogP contribution in [0.2, 0.25) is 0 Å². The van der Waals surface area contributed by atoms with E-state index in [0.29, 0.717) is 52.9 Å². The van der Waals surface area contributed by atoms with Gasteiger partial charge < -0.3 is 28.8 Å². The lowest BCUT2D eigenvalue weighted by atomic mass is 10.3. The highest BCUT2D eigenvalue weighted by Gasteiger charge is 1.93. The van der Waals surface area contributed by atoms with Gasteiger partial charge in [-0.25, -0.2) is 0 Å². The topological polar surface area (TPSA) is 66.4 Å². The molecule has 0 aliphatic heterocycles. The Kier molecular flexibility index (Phi) is 17.7. The summed E-state index contributed by atoms with van der Waals surface area (Å²) in [5, 5.41) is 8.47. The van der Waals surface area contributed by atoms with Crippen LogP contribution in [0.25, 0.3) is 0 Å². The molecule has 0 fully saturated rings. The van der Waals surface area contributed by atoms with Gasteiger partial charge >= 0.3 is 0 Å². The van der Waals surface area contributed by atoms with Crippen LogP contribution < -0.4 is 0 Å². The Morgan fingerprint density at radius 1 is 0.650 bits per heavy atom. The lowest BCUT2D eigenvalue weighted by Crippen LogP contribution is -2.12. The van der Waals surface area contributed by atoms with Crippen LogP contribution in [-0.2, 0) is 23.7 Å². The molecule has 0 aromatic rings. The third-order valence-corrected chi connectivity index (χ3v) is 2.27. The van der Waals surface area contributed by atoms with Gasteiger partial charge in [-0.15, -0.1) is 0 Å². The third kappa shape index (κ3) is 17.3. The summed E-state index contributed by atoms with van der Waals surface area (Å²) in [7, 11) is 0. The quantitative estimate of drug-likeness (QED) is 0.318. The normalized spacial score (nSPS) is 10.7. The maximum Gasteiger partial charge on any atom is 0.0873 e. The molecule has 0 heterocycles. The average molecular weight is 292 g/mol. The minimum Gasteiger partial charge on any atom is -0.502 e. The molecule has 6 nitrogen and oxygen atoms in total. The second-order valence-corrected chi connectivity index (χ2v) is 3.92. The highest BCUT2D eigenvalue weighted by molar-refractivity contribution is 4.49. The van der Waals surface area contributed by atoms with Crippen molar-refractivity contribution in [2.24, 2.45) is 0 Å². The van der Waals surface area contributed by atoms with E-state index in [0.717, 1.165) is 19.4 Å². The van der Waals surface area contributed by atoms with Crippen LogP contribution >= 0.6 is 0 Å². The van der Waals surface area contributed by atoms with Crippen molar-refractivity contribution >= 4 is 0 Å². The number of hydrogen-bond acceptors (Lipinski definition) is 6. The summed E-state index contributed by atoms with van der Waals surface area (Å²) in [4.78, 5) is 0. The van der Waals surface area contributed by atoms with Crippen LogP contribution in [0.4, 0.5) is 0 Å². The predicted molar refractivity (Wildman–Crippen MR) is 75.7 cm³/mol. The van der Waals surface area contributed by atoms with Gasteiger partial charge in [-0.1, -0.05) is 6.58 Å². The molecule has 0 saturated carbocycles. The fraction of sp³-hybridized carbons (Fsp3) is 0.857. The fourth-order valence-electron chi connectivity index (χ4n) is 1.30. The van der Waals surface area contributed by atoms with Crippen LogP contribution in [0.5, 0.6) is 0 Å². The number of aliphatic hydroxyl groups is 1. The molecule has 0 spiro atoms. The summed E-state index contributed by atoms with van der Waals surface area (Å²) in [5.41, 5.74) is 0. The van der Waals surface area contributed by atoms with Gasteiger partial charge in [0.05, 0.1) is 65.7 Å². The summed E-state index contributed by atoms with van der Waals surface area (Å²) in [5.74, 6) is 0. The Morgan fingerprint density at radius 3 is 1.60 bits per heavy atom. The van der Waals surface area contributed by atoms with E-state index in [9.17, 15) is 0 Å². The Morgan fingerprint density at radius 2 is 1.10 bits per heavy atom. The number of ether oxygens (including phenoxy) is 5. The first kappa shape index (κ1) is 19.3. The van der Waals surface area contributed by atoms with Gasteiger partial charge in [0.1, 0.15) is 0 Å². The zero-order chi connectivity index (χ0) is 14.7. The lowest BCUT2D eigenvalue weighted by molar-refractivity contribution is -0.00595. The molecule has 20 heavy (non-hydrogen) atoms. The molecule has 0 saturated heterocycles. The van der Waals surface area contributed by atoms with Crippen molar-refractivity contribution < 1.29 is 28.8 Å². The van der Waals surface area contributed by atoms with E-state index in [1.807, 2.05) is 0 Å². The van der Waals surface area contributed by atoms with E-state index in [1.165, 1.54) is 6.26 Å². The lowest BCUT2D eigenvalue weighted by Gasteiger charge is -2.07. The molecule has 1 N–H and O–H groups in total. The second-order valence-electron chi connectivity index (χ2n) is 3.92. The smallest absolute Gasteiger partial charge is 0.0873 e. The van der Waals surface area contributed by atoms with E-state index in [1.54, 1.807) is 0 Å². The molecule has 6 heteroatoms. The molecular formula is C14H28O6. The standard InChI is InChI=1S/C14H28O6/c1-2-16-6-3-4-7-17-9-11-19-13-14-20-12-10-18-8-5-15/h2,15H,1,3-14H2. The highest BCUT2D eigenvalue weighted by Crippen LogP contribution is 1.91. The fourth-order valence-corrected chi connectivity index (χ4v) is 1.30. The maximum absolute atomic E-state index is 8.47. The summed E-state index contributed by atoms with van der Waals surface area (Å²) in [6.45, 7) is 8.59. The molecule has 0 unspecified atom stereocenters. The monoisotopic (exact) mass is 292 g/mol. The van der Waals surface area contributed by atoms with E-state index >= 15 is 0 Å². The SMILES string of the molecule is C=COCCCCOCCOCCOCCOCCO. The van der Waals surface area contributed by atoms with Crippen molar-refractivity contribution in [2.45, 2.75) is 12.8 Å². The van der Waals surface area contributed by atoms with Gasteiger partial charge in [-0.05, 0) is 12.8 Å². The van der Waals surface area contributed by atoms with E-state index in [2.05, 4.69) is 6.58 Å². The molecular weight excluding hydrogens is 264 g/mol. The van der Waals surface area contributed by atoms with Gasteiger partial charge in [-0.3, -0.25) is 0 Å². The zero-order valence-electron chi connectivity index (χ0n) is 12.3. The first-order chi connectivity index (χ1) is 9.91. The average Bonchev–Trinajstić information content (AvgIpc) is 2.47. The van der Waals surface area contributed by atoms with Gasteiger partial charge in [0.2, 0.25) is 0 Å². The first-order valence-electron chi connectivity index (χ1n) is 7.06. The number of aliphatic hydroxyl groups excluding tert-OH is 1. The second kappa shape index (κ2) is 18.3. The predicted octanol–water partition coefficient (Wildman–Crippen LogP) is 0.985. The Hall–Kier alpha value is -0.660. The van der Waals surface area contributed by atoms with Crippen LogP contribution in [-0.4, -0.2) is 71.2 Å². The van der Waals surface area contributed by atoms with Crippen LogP contribution in [0, 0.1) is 0 Å². The first-order valence-corrected chi connectivity index (χ1v) is 7.06. The van der Waals surface area contributed by atoms with Gasteiger partial charge in [0.25, 0.3) is 0 Å². The van der Waals surface area contributed by atoms with E-state index < -0.39 is 0 Å². The van der Waals surface area contributed by atoms with E-state index in [4.69, 9.17) is 28.8 Å². The minimum atomic E-state index is 0.0460. The molecule has 0 aliphatic carbocycles. The molecule has 0 bridgehead atoms. The zero-order valence-corrected chi connectivity index (χ0v) is 12.3. The van der Waals surface area contributed by atoms with Crippen LogP contribution in [0.1, 0.15) is 12.8 Å². The summed E-state index contributed by atoms with van der Waals surface area (Å²) in [6, 6.07) is 0. The van der Waals surface area contributed by atoms with Crippen molar-refractivity contribution in [1.82, 2.24) is 0 Å². The molecule has 0 aromatic carbocycles. The van der Waals surface area contributed by atoms with Crippen molar-refractivity contribution in [3.8, 4) is 0 Å². The molecule has 0 radical (unpaired) electrons. The highest BCUT2D eigenvalue weighted by atomic mass is 16.6. The summed E-state index contributed by atoms with van der Waals surface area (Å²) in [6.07, 6.45) is 3.40. The molecule has 0 atom stereocenters. The van der Waals surface area contributed by atoms with Gasteiger partial charge in [0, 0.05) is 6.61 Å². The van der Waals surface area contributed by atoms with E-state index in [-0.39, 0.29) is 6.61 Å². The maximum atomic E-state index is 8.47. The minimum absolute atomic E-state index is 0.0460. The Bertz CT molecular complexity index is 189. The number of unbranched alkanes of at least 4 members (excludes halogenated alkanes) is 1.